The molecule has 7 heavy (non-hydrogen) atoms. The first-order chi connectivity index (χ1) is 2.81. The fourth-order valence-corrected chi connectivity index (χ4v) is 0.173. The van der Waals surface area contributed by atoms with Crippen molar-refractivity contribution in [2.75, 3.05) is 12.4 Å². The minimum atomic E-state index is 0. The first kappa shape index (κ1) is 11.4. The van der Waals surface area contributed by atoms with Crippen molar-refractivity contribution in [1.82, 2.24) is 0 Å². The average molecular weight is 333 g/mol. The Labute approximate surface area is 73.8 Å². The number of aliphatic hydroxyl groups excluding tert-OH is 1. The third-order valence-corrected chi connectivity index (χ3v) is 1.50. The number of rotatable bonds is 2. The van der Waals surface area contributed by atoms with Gasteiger partial charge in [0.25, 0.3) is 0 Å². The minimum absolute atomic E-state index is 0. The minimum Gasteiger partial charge on any atom is -0.395 e. The summed E-state index contributed by atoms with van der Waals surface area (Å²) in [6.45, 7) is 0.118. The van der Waals surface area contributed by atoms with Crippen LogP contribution >= 0.6 is 25.3 Å². The molecule has 0 amide bonds. The van der Waals surface area contributed by atoms with Crippen LogP contribution in [-0.2, 0) is 0 Å². The van der Waals surface area contributed by atoms with Crippen molar-refractivity contribution in [1.29, 1.82) is 0 Å². The first-order valence-corrected chi connectivity index (χ1v) is 2.86. The van der Waals surface area contributed by atoms with Crippen molar-refractivity contribution in [2.24, 2.45) is 0 Å². The Hall–Kier alpha value is 1.54. The first-order valence-electron chi connectivity index (χ1n) is 1.71. The summed E-state index contributed by atoms with van der Waals surface area (Å²) in [4.78, 5) is 0. The molecule has 1 atom stereocenters. The van der Waals surface area contributed by atoms with Crippen LogP contribution < -0.4 is 0 Å². The number of hydrogen-bond donors (Lipinski definition) is 3. The molecule has 0 rings (SSSR count). The van der Waals surface area contributed by atoms with Gasteiger partial charge in [-0.25, -0.2) is 0 Å². The molecule has 0 spiro atoms. The van der Waals surface area contributed by atoms with Crippen LogP contribution in [0.15, 0.2) is 0 Å². The van der Waals surface area contributed by atoms with Gasteiger partial charge in [-0.15, -0.1) is 0 Å². The third kappa shape index (κ3) is 7.54. The normalized spacial score (nSPS) is 12.4. The van der Waals surface area contributed by atoms with Crippen molar-refractivity contribution in [2.45, 2.75) is 5.25 Å². The smallest absolute Gasteiger partial charge is 0.0555 e. The molecule has 1 unspecified atom stereocenters. The molecule has 0 aromatic rings. The van der Waals surface area contributed by atoms with E-state index in [0.29, 0.717) is 5.75 Å². The van der Waals surface area contributed by atoms with E-state index in [0.717, 1.165) is 0 Å². The Morgan fingerprint density at radius 3 is 2.00 bits per heavy atom. The number of hydrogen-bond acceptors (Lipinski definition) is 3. The molecule has 0 saturated heterocycles. The summed E-state index contributed by atoms with van der Waals surface area (Å²) in [6, 6.07) is 0. The van der Waals surface area contributed by atoms with Gasteiger partial charge in [0.1, 0.15) is 0 Å². The second-order valence-corrected chi connectivity index (χ2v) is 2.11. The summed E-state index contributed by atoms with van der Waals surface area (Å²) in [6.07, 6.45) is 0. The predicted octanol–water partition coefficient (Wildman–Crippen LogP) is -0.174. The van der Waals surface area contributed by atoms with Crippen molar-refractivity contribution < 1.29 is 5.11 Å². The van der Waals surface area contributed by atoms with E-state index in [1.165, 1.54) is 0 Å². The summed E-state index contributed by atoms with van der Waals surface area (Å²) < 4.78 is 0. The molecule has 0 bridgehead atoms. The maximum Gasteiger partial charge on any atom is 0.0555 e. The molecule has 0 fully saturated rings. The molecule has 0 aliphatic carbocycles. The van der Waals surface area contributed by atoms with Gasteiger partial charge in [0.15, 0.2) is 0 Å². The summed E-state index contributed by atoms with van der Waals surface area (Å²) in [5.74, 6) is 0.639. The van der Waals surface area contributed by atoms with E-state index in [4.69, 9.17) is 5.11 Å². The van der Waals surface area contributed by atoms with Gasteiger partial charge in [0, 0.05) is 37.2 Å². The van der Waals surface area contributed by atoms with Gasteiger partial charge in [0.05, 0.1) is 6.61 Å². The molecule has 0 aromatic heterocycles. The zero-order valence-corrected chi connectivity index (χ0v) is 9.05. The van der Waals surface area contributed by atoms with Crippen LogP contribution in [0.3, 0.4) is 0 Å². The molecule has 3 radical (unpaired) electrons. The van der Waals surface area contributed by atoms with Crippen molar-refractivity contribution in [3.8, 4) is 0 Å². The fraction of sp³-hybridized carbons (Fsp3) is 1.00. The third-order valence-electron chi connectivity index (χ3n) is 0.421. The van der Waals surface area contributed by atoms with Crippen molar-refractivity contribution in [3.05, 3.63) is 0 Å². The Morgan fingerprint density at radius 2 is 2.00 bits per heavy atom. The average Bonchev–Trinajstić information content (AvgIpc) is 1.65. The number of aliphatic hydroxyl groups is 1. The summed E-state index contributed by atoms with van der Waals surface area (Å²) in [7, 11) is 0. The molecular formula is C3H8BiOS2. The molecule has 0 saturated carbocycles. The van der Waals surface area contributed by atoms with Crippen LogP contribution in [0, 0.1) is 0 Å². The second-order valence-electron chi connectivity index (χ2n) is 1.02. The van der Waals surface area contributed by atoms with E-state index in [1.54, 1.807) is 0 Å². The maximum atomic E-state index is 8.21. The zero-order chi connectivity index (χ0) is 4.99. The quantitative estimate of drug-likeness (QED) is 0.473. The van der Waals surface area contributed by atoms with Gasteiger partial charge < -0.3 is 5.11 Å². The van der Waals surface area contributed by atoms with Crippen molar-refractivity contribution in [3.63, 3.8) is 0 Å². The van der Waals surface area contributed by atoms with Crippen LogP contribution in [-0.4, -0.2) is 48.9 Å². The molecule has 0 aromatic carbocycles. The predicted molar refractivity (Wildman–Crippen MR) is 39.5 cm³/mol. The molecule has 0 aliphatic heterocycles. The van der Waals surface area contributed by atoms with Gasteiger partial charge in [0.2, 0.25) is 0 Å². The molecule has 1 nitrogen and oxygen atoms in total. The van der Waals surface area contributed by atoms with Crippen LogP contribution in [0.5, 0.6) is 0 Å². The Kier molecular flexibility index (Phi) is 12.2. The molecule has 1 N–H and O–H groups in total. The Balaban J connectivity index is 0. The van der Waals surface area contributed by atoms with Crippen LogP contribution in [0.1, 0.15) is 0 Å². The van der Waals surface area contributed by atoms with Crippen LogP contribution in [0.2, 0.25) is 0 Å². The van der Waals surface area contributed by atoms with E-state index in [9.17, 15) is 0 Å². The van der Waals surface area contributed by atoms with E-state index in [-0.39, 0.29) is 38.1 Å². The Bertz CT molecular complexity index is 32.1. The Morgan fingerprint density at radius 1 is 1.57 bits per heavy atom. The summed E-state index contributed by atoms with van der Waals surface area (Å²) in [5.41, 5.74) is 0. The van der Waals surface area contributed by atoms with Gasteiger partial charge in [-0.3, -0.25) is 0 Å². The molecule has 4 heteroatoms. The zero-order valence-electron chi connectivity index (χ0n) is 3.78. The van der Waals surface area contributed by atoms with Gasteiger partial charge in [-0.05, 0) is 0 Å². The fourth-order valence-electron chi connectivity index (χ4n) is 0.0577. The molecule has 43 valence electrons. The second kappa shape index (κ2) is 7.54. The van der Waals surface area contributed by atoms with Crippen LogP contribution in [0.25, 0.3) is 0 Å². The van der Waals surface area contributed by atoms with E-state index in [1.807, 2.05) is 0 Å². The van der Waals surface area contributed by atoms with Crippen molar-refractivity contribution >= 4 is 51.5 Å². The largest absolute Gasteiger partial charge is 0.395 e. The monoisotopic (exact) mass is 333 g/mol. The summed E-state index contributed by atoms with van der Waals surface area (Å²) in [5, 5.41) is 8.26. The molecular weight excluding hydrogens is 325 g/mol. The standard InChI is InChI=1S/C3H8OS2.Bi/c4-1-3(6)2-5;/h3-6H,1-2H2;. The van der Waals surface area contributed by atoms with Gasteiger partial charge in [-0.1, -0.05) is 0 Å². The van der Waals surface area contributed by atoms with Gasteiger partial charge in [-0.2, -0.15) is 25.3 Å². The SMILES string of the molecule is OCC(S)CS.[Bi]. The van der Waals surface area contributed by atoms with Gasteiger partial charge >= 0.3 is 0 Å². The maximum absolute atomic E-state index is 8.21. The van der Waals surface area contributed by atoms with Crippen LogP contribution in [0.4, 0.5) is 0 Å². The van der Waals surface area contributed by atoms with E-state index >= 15 is 0 Å². The van der Waals surface area contributed by atoms with E-state index < -0.39 is 0 Å². The molecule has 0 heterocycles. The van der Waals surface area contributed by atoms with E-state index in [2.05, 4.69) is 25.3 Å². The summed E-state index contributed by atoms with van der Waals surface area (Å²) >= 11 is 7.76. The topological polar surface area (TPSA) is 20.2 Å². The molecule has 0 aliphatic rings. The number of thiol groups is 2.